The summed E-state index contributed by atoms with van der Waals surface area (Å²) >= 11 is 0. The molecule has 10 heteroatoms. The predicted molar refractivity (Wildman–Crippen MR) is 108 cm³/mol. The van der Waals surface area contributed by atoms with Gasteiger partial charge in [0.2, 0.25) is 0 Å². The fraction of sp³-hybridized carbons (Fsp3) is 0.750. The largest absolute Gasteiger partial charge is 0.698 e. The second kappa shape index (κ2) is 7.19. The van der Waals surface area contributed by atoms with Crippen molar-refractivity contribution < 1.29 is 18.3 Å². The number of imidazole rings is 1. The molecule has 160 valence electrons. The minimum atomic E-state index is -2.14. The fourth-order valence-corrected chi connectivity index (χ4v) is 7.45. The molecule has 1 unspecified atom stereocenters. The second-order valence-electron chi connectivity index (χ2n) is 9.58. The zero-order valence-corrected chi connectivity index (χ0v) is 17.7. The van der Waals surface area contributed by atoms with E-state index < -0.39 is 8.25 Å². The lowest BCUT2D eigenvalue weighted by molar-refractivity contribution is -0.111. The quantitative estimate of drug-likeness (QED) is 0.687. The lowest BCUT2D eigenvalue weighted by Crippen LogP contribution is -2.51. The third kappa shape index (κ3) is 3.32. The number of hydrogen-bond acceptors (Lipinski definition) is 8. The minimum Gasteiger partial charge on any atom is -0.382 e. The number of fused-ring (bicyclic) bond motifs is 1. The highest BCUT2D eigenvalue weighted by Gasteiger charge is 2.56. The smallest absolute Gasteiger partial charge is 0.382 e. The first-order chi connectivity index (χ1) is 14.6. The molecule has 0 radical (unpaired) electrons. The summed E-state index contributed by atoms with van der Waals surface area (Å²) in [6.07, 6.45) is 11.5. The van der Waals surface area contributed by atoms with Crippen LogP contribution in [0.5, 0.6) is 0 Å². The van der Waals surface area contributed by atoms with Crippen molar-refractivity contribution in [2.45, 2.75) is 69.3 Å². The number of nitrogens with zero attached hydrogens (tertiary/aromatic N) is 4. The van der Waals surface area contributed by atoms with Crippen molar-refractivity contribution in [1.29, 1.82) is 0 Å². The third-order valence-corrected chi connectivity index (χ3v) is 8.29. The Hall–Kier alpha value is -1.67. The highest BCUT2D eigenvalue weighted by molar-refractivity contribution is 7.33. The van der Waals surface area contributed by atoms with Crippen LogP contribution in [0.2, 0.25) is 0 Å². The molecule has 2 N–H and O–H groups in total. The van der Waals surface area contributed by atoms with Gasteiger partial charge < -0.3 is 10.5 Å². The van der Waals surface area contributed by atoms with Gasteiger partial charge in [-0.1, -0.05) is 0 Å². The molecule has 0 aromatic carbocycles. The van der Waals surface area contributed by atoms with E-state index in [9.17, 15) is 4.57 Å². The van der Waals surface area contributed by atoms with Gasteiger partial charge in [-0.2, -0.15) is 0 Å². The average molecular weight is 432 g/mol. The summed E-state index contributed by atoms with van der Waals surface area (Å²) in [5.41, 5.74) is 6.89. The molecule has 30 heavy (non-hydrogen) atoms. The maximum absolute atomic E-state index is 12.6. The van der Waals surface area contributed by atoms with Crippen LogP contribution in [0.3, 0.4) is 0 Å². The Kier molecular flexibility index (Phi) is 4.57. The maximum atomic E-state index is 12.6. The van der Waals surface area contributed by atoms with E-state index in [1.807, 2.05) is 4.57 Å². The number of hydrogen-bond donors (Lipinski definition) is 1. The van der Waals surface area contributed by atoms with Crippen molar-refractivity contribution in [1.82, 2.24) is 19.5 Å². The number of rotatable bonds is 6. The molecular formula is C20H27N5O4P+. The van der Waals surface area contributed by atoms with Gasteiger partial charge in [-0.05, 0) is 69.1 Å². The lowest BCUT2D eigenvalue weighted by atomic mass is 9.54. The van der Waals surface area contributed by atoms with E-state index in [1.54, 1.807) is 6.33 Å². The first-order valence-electron chi connectivity index (χ1n) is 10.9. The van der Waals surface area contributed by atoms with Crippen LogP contribution in [0.25, 0.3) is 11.2 Å². The lowest BCUT2D eigenvalue weighted by Gasteiger charge is -2.53. The van der Waals surface area contributed by atoms with Gasteiger partial charge in [-0.25, -0.2) is 15.0 Å². The monoisotopic (exact) mass is 432 g/mol. The van der Waals surface area contributed by atoms with E-state index in [1.165, 1.54) is 25.6 Å². The molecule has 2 aromatic rings. The molecule has 4 aliphatic carbocycles. The Morgan fingerprint density at radius 1 is 1.13 bits per heavy atom. The molecule has 0 spiro atoms. The van der Waals surface area contributed by atoms with Crippen molar-refractivity contribution in [3.63, 3.8) is 0 Å². The van der Waals surface area contributed by atoms with Crippen molar-refractivity contribution in [3.8, 4) is 0 Å². The molecule has 4 saturated carbocycles. The predicted octanol–water partition coefficient (Wildman–Crippen LogP) is 3.75. The summed E-state index contributed by atoms with van der Waals surface area (Å²) in [6, 6.07) is 0. The molecule has 0 amide bonds. The summed E-state index contributed by atoms with van der Waals surface area (Å²) in [7, 11) is -2.14. The summed E-state index contributed by atoms with van der Waals surface area (Å²) in [6.45, 7) is 0.266. The molecule has 2 aromatic heterocycles. The second-order valence-corrected chi connectivity index (χ2v) is 10.5. The Balaban J connectivity index is 1.05. The molecule has 5 fully saturated rings. The zero-order valence-electron chi connectivity index (χ0n) is 16.9. The fourth-order valence-electron chi connectivity index (χ4n) is 6.57. The number of nitrogen functional groups attached to an aromatic ring is 1. The van der Waals surface area contributed by atoms with E-state index in [-0.39, 0.29) is 24.5 Å². The Morgan fingerprint density at radius 2 is 1.87 bits per heavy atom. The van der Waals surface area contributed by atoms with Crippen LogP contribution >= 0.6 is 8.25 Å². The highest BCUT2D eigenvalue weighted by atomic mass is 31.1. The van der Waals surface area contributed by atoms with Crippen LogP contribution in [-0.4, -0.2) is 37.8 Å². The Labute approximate surface area is 175 Å². The minimum absolute atomic E-state index is 0.134. The van der Waals surface area contributed by atoms with Crippen LogP contribution in [-0.2, 0) is 18.3 Å². The standard InChI is InChI=1S/C20H27N5O4P/c21-18-17-19(23-10-22-18)25(11-24-17)16-2-1-15(28-16)9-27-30(26)29-20-6-12-3-13(7-20)5-14(4-12)8-20/h10-16H,1-9H2,(H2,21,22,23)/q+1/t12?,13?,14?,15-,16+,20?/m0/s1. The van der Waals surface area contributed by atoms with Crippen LogP contribution in [0.15, 0.2) is 12.7 Å². The van der Waals surface area contributed by atoms with Crippen LogP contribution < -0.4 is 5.73 Å². The SMILES string of the molecule is Nc1ncnc2c1ncn2[C@H]1CC[C@@H](CO[P+](=O)OC23CC4CC(CC(C4)C2)C3)O1. The van der Waals surface area contributed by atoms with Crippen LogP contribution in [0.1, 0.15) is 57.6 Å². The third-order valence-electron chi connectivity index (χ3n) is 7.40. The summed E-state index contributed by atoms with van der Waals surface area (Å²) in [5, 5.41) is 0. The molecule has 9 nitrogen and oxygen atoms in total. The number of anilines is 1. The van der Waals surface area contributed by atoms with Crippen molar-refractivity contribution in [2.24, 2.45) is 17.8 Å². The van der Waals surface area contributed by atoms with Gasteiger partial charge >= 0.3 is 8.25 Å². The van der Waals surface area contributed by atoms with Gasteiger partial charge in [-0.3, -0.25) is 4.57 Å². The van der Waals surface area contributed by atoms with E-state index in [0.717, 1.165) is 49.9 Å². The molecule has 1 saturated heterocycles. The van der Waals surface area contributed by atoms with Crippen molar-refractivity contribution in [2.75, 3.05) is 12.3 Å². The first kappa shape index (κ1) is 19.0. The zero-order chi connectivity index (χ0) is 20.3. The van der Waals surface area contributed by atoms with Crippen LogP contribution in [0.4, 0.5) is 5.82 Å². The summed E-state index contributed by atoms with van der Waals surface area (Å²) < 4.78 is 32.3. The molecule has 3 atom stereocenters. The van der Waals surface area contributed by atoms with Gasteiger partial charge in [0.15, 0.2) is 11.5 Å². The first-order valence-corrected chi connectivity index (χ1v) is 12.0. The summed E-state index contributed by atoms with van der Waals surface area (Å²) in [4.78, 5) is 12.6. The highest BCUT2D eigenvalue weighted by Crippen LogP contribution is 2.59. The van der Waals surface area contributed by atoms with Crippen molar-refractivity contribution >= 4 is 25.2 Å². The van der Waals surface area contributed by atoms with Crippen LogP contribution in [0, 0.1) is 17.8 Å². The molecular weight excluding hydrogens is 405 g/mol. The number of aromatic nitrogens is 4. The molecule has 3 heterocycles. The molecule has 7 rings (SSSR count). The molecule has 1 aliphatic heterocycles. The molecule has 4 bridgehead atoms. The van der Waals surface area contributed by atoms with Gasteiger partial charge in [0, 0.05) is 4.57 Å². The van der Waals surface area contributed by atoms with E-state index in [2.05, 4.69) is 15.0 Å². The normalized spacial score (nSPS) is 37.9. The van der Waals surface area contributed by atoms with E-state index in [0.29, 0.717) is 17.0 Å². The van der Waals surface area contributed by atoms with Crippen molar-refractivity contribution in [3.05, 3.63) is 12.7 Å². The van der Waals surface area contributed by atoms with Gasteiger partial charge in [0.1, 0.15) is 30.3 Å². The maximum Gasteiger partial charge on any atom is 0.698 e. The molecule has 5 aliphatic rings. The summed E-state index contributed by atoms with van der Waals surface area (Å²) in [5.74, 6) is 2.61. The Bertz CT molecular complexity index is 946. The van der Waals surface area contributed by atoms with Gasteiger partial charge in [0.05, 0.1) is 12.4 Å². The average Bonchev–Trinajstić information content (AvgIpc) is 3.32. The van der Waals surface area contributed by atoms with Gasteiger partial charge in [-0.15, -0.1) is 9.05 Å². The van der Waals surface area contributed by atoms with E-state index >= 15 is 0 Å². The number of ether oxygens (including phenoxy) is 1. The van der Waals surface area contributed by atoms with E-state index in [4.69, 9.17) is 19.5 Å². The topological polar surface area (TPSA) is 114 Å². The van der Waals surface area contributed by atoms with Gasteiger partial charge in [0.25, 0.3) is 0 Å². The Morgan fingerprint density at radius 3 is 2.60 bits per heavy atom. The number of nitrogens with two attached hydrogens (primary N) is 1.